The lowest BCUT2D eigenvalue weighted by molar-refractivity contribution is -0.205. The molecule has 0 saturated carbocycles. The Bertz CT molecular complexity index is 488. The zero-order chi connectivity index (χ0) is 15.0. The van der Waals surface area contributed by atoms with Crippen LogP contribution in [0.15, 0.2) is 0 Å². The van der Waals surface area contributed by atoms with Crippen molar-refractivity contribution in [1.29, 1.82) is 0 Å². The molecule has 1 spiro atoms. The number of aromatic nitrogens is 2. The van der Waals surface area contributed by atoms with E-state index in [-0.39, 0.29) is 0 Å². The largest absolute Gasteiger partial charge is 0.390 e. The maximum atomic E-state index is 10.3. The minimum atomic E-state index is -0.792. The highest BCUT2D eigenvalue weighted by Gasteiger charge is 2.47. The Morgan fingerprint density at radius 2 is 2.05 bits per heavy atom. The van der Waals surface area contributed by atoms with Crippen molar-refractivity contribution < 1.29 is 14.9 Å². The van der Waals surface area contributed by atoms with E-state index < -0.39 is 17.8 Å². The minimum Gasteiger partial charge on any atom is -0.390 e. The van der Waals surface area contributed by atoms with E-state index in [1.807, 2.05) is 19.0 Å². The van der Waals surface area contributed by atoms with Crippen LogP contribution in [0.25, 0.3) is 0 Å². The summed E-state index contributed by atoms with van der Waals surface area (Å²) in [6, 6.07) is 0. The third-order valence-corrected chi connectivity index (χ3v) is 5.16. The van der Waals surface area contributed by atoms with Gasteiger partial charge in [-0.25, -0.2) is 0 Å². The van der Waals surface area contributed by atoms with Gasteiger partial charge in [-0.1, -0.05) is 0 Å². The first-order chi connectivity index (χ1) is 10.0. The van der Waals surface area contributed by atoms with Crippen LogP contribution in [0.4, 0.5) is 11.1 Å². The summed E-state index contributed by atoms with van der Waals surface area (Å²) in [5.41, 5.74) is -0.594. The molecule has 118 valence electrons. The highest BCUT2D eigenvalue weighted by molar-refractivity contribution is 7.09. The molecule has 0 unspecified atom stereocenters. The van der Waals surface area contributed by atoms with Gasteiger partial charge in [0, 0.05) is 38.7 Å². The quantitative estimate of drug-likeness (QED) is 0.800. The Labute approximate surface area is 128 Å². The van der Waals surface area contributed by atoms with Gasteiger partial charge < -0.3 is 24.7 Å². The van der Waals surface area contributed by atoms with Crippen LogP contribution in [0.2, 0.25) is 0 Å². The molecule has 2 N–H and O–H groups in total. The fourth-order valence-electron chi connectivity index (χ4n) is 3.01. The maximum Gasteiger partial charge on any atom is 0.238 e. The molecule has 0 aliphatic carbocycles. The summed E-state index contributed by atoms with van der Waals surface area (Å²) in [6.45, 7) is 2.03. The summed E-state index contributed by atoms with van der Waals surface area (Å²) in [5, 5.41) is 21.0. The van der Waals surface area contributed by atoms with Gasteiger partial charge in [0.05, 0.1) is 18.3 Å². The van der Waals surface area contributed by atoms with Gasteiger partial charge >= 0.3 is 0 Å². The fourth-order valence-corrected chi connectivity index (χ4v) is 3.80. The van der Waals surface area contributed by atoms with Gasteiger partial charge in [0.25, 0.3) is 0 Å². The number of hydrogen-bond acceptors (Lipinski definition) is 8. The lowest BCUT2D eigenvalue weighted by Gasteiger charge is -2.48. The first-order valence-corrected chi connectivity index (χ1v) is 8.05. The van der Waals surface area contributed by atoms with Crippen molar-refractivity contribution in [3.63, 3.8) is 0 Å². The lowest BCUT2D eigenvalue weighted by atomic mass is 9.81. The van der Waals surface area contributed by atoms with E-state index in [0.29, 0.717) is 25.9 Å². The predicted molar refractivity (Wildman–Crippen MR) is 81.0 cm³/mol. The molecule has 2 saturated heterocycles. The molecule has 3 rings (SSSR count). The Hall–Kier alpha value is -0.960. The van der Waals surface area contributed by atoms with E-state index in [4.69, 9.17) is 4.74 Å². The zero-order valence-corrected chi connectivity index (χ0v) is 13.2. The highest BCUT2D eigenvalue weighted by Crippen LogP contribution is 2.37. The Kier molecular flexibility index (Phi) is 4.04. The Morgan fingerprint density at radius 1 is 1.33 bits per heavy atom. The van der Waals surface area contributed by atoms with E-state index in [1.165, 1.54) is 11.5 Å². The molecule has 0 amide bonds. The third-order valence-electron chi connectivity index (χ3n) is 4.39. The molecule has 2 aliphatic heterocycles. The van der Waals surface area contributed by atoms with Gasteiger partial charge in [-0.3, -0.25) is 0 Å². The third kappa shape index (κ3) is 2.73. The normalized spacial score (nSPS) is 28.9. The SMILES string of the molecule is CN(C)c1nsc(N2CCC3(CC2)OCC[C@H](O)[C@@H]3O)n1. The molecule has 1 aromatic heterocycles. The van der Waals surface area contributed by atoms with Crippen molar-refractivity contribution in [2.75, 3.05) is 43.6 Å². The number of nitrogens with zero attached hydrogens (tertiary/aromatic N) is 4. The molecule has 3 heterocycles. The van der Waals surface area contributed by atoms with Crippen LogP contribution in [-0.4, -0.2) is 71.2 Å². The van der Waals surface area contributed by atoms with Crippen LogP contribution < -0.4 is 9.80 Å². The molecule has 0 bridgehead atoms. The van der Waals surface area contributed by atoms with Gasteiger partial charge in [0.2, 0.25) is 11.1 Å². The van der Waals surface area contributed by atoms with Gasteiger partial charge in [0.15, 0.2) is 0 Å². The summed E-state index contributed by atoms with van der Waals surface area (Å²) in [5.74, 6) is 0.722. The lowest BCUT2D eigenvalue weighted by Crippen LogP contribution is -2.59. The van der Waals surface area contributed by atoms with Crippen molar-refractivity contribution in [1.82, 2.24) is 9.36 Å². The van der Waals surface area contributed by atoms with E-state index in [2.05, 4.69) is 14.3 Å². The zero-order valence-electron chi connectivity index (χ0n) is 12.4. The summed E-state index contributed by atoms with van der Waals surface area (Å²) >= 11 is 1.39. The van der Waals surface area contributed by atoms with Crippen molar-refractivity contribution in [2.45, 2.75) is 37.1 Å². The minimum absolute atomic E-state index is 0.509. The first kappa shape index (κ1) is 15.0. The average Bonchev–Trinajstić information content (AvgIpc) is 2.96. The molecule has 1 aromatic rings. The second-order valence-corrected chi connectivity index (χ2v) is 6.70. The molecule has 2 aliphatic rings. The second-order valence-electron chi connectivity index (χ2n) is 5.97. The number of rotatable bonds is 2. The Morgan fingerprint density at radius 3 is 2.67 bits per heavy atom. The van der Waals surface area contributed by atoms with E-state index >= 15 is 0 Å². The van der Waals surface area contributed by atoms with Crippen molar-refractivity contribution in [2.24, 2.45) is 0 Å². The molecule has 8 heteroatoms. The highest BCUT2D eigenvalue weighted by atomic mass is 32.1. The monoisotopic (exact) mass is 314 g/mol. The van der Waals surface area contributed by atoms with Gasteiger partial charge in [-0.05, 0) is 19.3 Å². The van der Waals surface area contributed by atoms with Crippen LogP contribution in [0.1, 0.15) is 19.3 Å². The molecule has 0 radical (unpaired) electrons. The van der Waals surface area contributed by atoms with Crippen LogP contribution in [0.3, 0.4) is 0 Å². The smallest absolute Gasteiger partial charge is 0.238 e. The van der Waals surface area contributed by atoms with Crippen molar-refractivity contribution in [3.8, 4) is 0 Å². The molecular formula is C13H22N4O3S. The fraction of sp³-hybridized carbons (Fsp3) is 0.846. The summed E-state index contributed by atoms with van der Waals surface area (Å²) < 4.78 is 10.2. The van der Waals surface area contributed by atoms with Crippen LogP contribution in [-0.2, 0) is 4.74 Å². The number of anilines is 2. The topological polar surface area (TPSA) is 82.0 Å². The molecule has 2 fully saturated rings. The predicted octanol–water partition coefficient (Wildman–Crippen LogP) is 0.0852. The maximum absolute atomic E-state index is 10.3. The van der Waals surface area contributed by atoms with E-state index in [9.17, 15) is 10.2 Å². The van der Waals surface area contributed by atoms with Crippen molar-refractivity contribution in [3.05, 3.63) is 0 Å². The summed E-state index contributed by atoms with van der Waals surface area (Å²) in [7, 11) is 3.84. The van der Waals surface area contributed by atoms with Crippen LogP contribution in [0.5, 0.6) is 0 Å². The summed E-state index contributed by atoms with van der Waals surface area (Å²) in [6.07, 6.45) is 0.437. The number of piperidine rings is 1. The number of hydrogen-bond donors (Lipinski definition) is 2. The number of aliphatic hydroxyl groups excluding tert-OH is 2. The van der Waals surface area contributed by atoms with E-state index in [1.54, 1.807) is 0 Å². The number of ether oxygens (including phenoxy) is 1. The van der Waals surface area contributed by atoms with Gasteiger partial charge in [0.1, 0.15) is 6.10 Å². The molecule has 0 aromatic carbocycles. The molecular weight excluding hydrogens is 292 g/mol. The standard InChI is InChI=1S/C13H22N4O3S/c1-16(2)11-14-12(21-15-11)17-6-4-13(5-7-17)10(19)9(18)3-8-20-13/h9-10,18-19H,3-8H2,1-2H3/t9-,10-/m0/s1. The van der Waals surface area contributed by atoms with Crippen molar-refractivity contribution >= 4 is 22.6 Å². The first-order valence-electron chi connectivity index (χ1n) is 7.28. The average molecular weight is 314 g/mol. The second kappa shape index (κ2) is 5.68. The van der Waals surface area contributed by atoms with Crippen LogP contribution in [0, 0.1) is 0 Å². The summed E-state index contributed by atoms with van der Waals surface area (Å²) in [4.78, 5) is 8.57. The molecule has 21 heavy (non-hydrogen) atoms. The van der Waals surface area contributed by atoms with Crippen LogP contribution >= 0.6 is 11.5 Å². The molecule has 7 nitrogen and oxygen atoms in total. The molecule has 2 atom stereocenters. The van der Waals surface area contributed by atoms with Gasteiger partial charge in [-0.2, -0.15) is 9.36 Å². The number of aliphatic hydroxyl groups is 2. The Balaban J connectivity index is 1.66. The van der Waals surface area contributed by atoms with Gasteiger partial charge in [-0.15, -0.1) is 0 Å². The van der Waals surface area contributed by atoms with E-state index in [0.717, 1.165) is 24.2 Å².